The Kier molecular flexibility index (Phi) is 4.37. The Bertz CT molecular complexity index is 518. The minimum Gasteiger partial charge on any atom is -0.552 e. The van der Waals surface area contributed by atoms with Gasteiger partial charge in [0.25, 0.3) is 0 Å². The lowest BCUT2D eigenvalue weighted by atomic mass is 10.00. The largest absolute Gasteiger partial charge is 0.552 e. The first-order chi connectivity index (χ1) is 8.77. The minimum absolute atomic E-state index is 0.988. The molecule has 2 heteroatoms. The van der Waals surface area contributed by atoms with E-state index in [1.165, 1.54) is 16.7 Å². The Hall–Kier alpha value is -1.80. The molecule has 0 heterocycles. The second kappa shape index (κ2) is 6.22. The highest BCUT2D eigenvalue weighted by Gasteiger charge is 2.01. The third-order valence-corrected chi connectivity index (χ3v) is 3.35. The van der Waals surface area contributed by atoms with E-state index in [1.54, 1.807) is 0 Å². The Morgan fingerprint density at radius 1 is 0.889 bits per heavy atom. The minimum atomic E-state index is -0.988. The molecule has 0 aliphatic carbocycles. The molecule has 2 aromatic rings. The van der Waals surface area contributed by atoms with E-state index in [2.05, 4.69) is 67.7 Å². The fourth-order valence-electron chi connectivity index (χ4n) is 1.79. The summed E-state index contributed by atoms with van der Waals surface area (Å²) in [6.07, 6.45) is 3.88. The van der Waals surface area contributed by atoms with Gasteiger partial charge in [0.1, 0.15) is 0 Å². The molecule has 0 saturated carbocycles. The van der Waals surface area contributed by atoms with E-state index in [0.29, 0.717) is 0 Å². The molecule has 0 N–H and O–H groups in total. The molecule has 2 aromatic carbocycles. The lowest BCUT2D eigenvalue weighted by Crippen LogP contribution is -2.00. The Labute approximate surface area is 110 Å². The summed E-state index contributed by atoms with van der Waals surface area (Å²) in [7, 11) is -0.988. The van der Waals surface area contributed by atoms with Crippen LogP contribution < -0.4 is 0 Å². The van der Waals surface area contributed by atoms with Crippen LogP contribution in [-0.4, -0.2) is 9.04 Å². The molecule has 0 aliphatic heterocycles. The third kappa shape index (κ3) is 3.34. The predicted molar refractivity (Wildman–Crippen MR) is 80.9 cm³/mol. The molecular weight excluding hydrogens is 236 g/mol. The van der Waals surface area contributed by atoms with Crippen molar-refractivity contribution in [1.82, 2.24) is 0 Å². The Morgan fingerprint density at radius 2 is 1.56 bits per heavy atom. The fraction of sp³-hybridized carbons (Fsp3) is 0.125. The van der Waals surface area contributed by atoms with Crippen LogP contribution >= 0.6 is 0 Å². The molecule has 2 rings (SSSR count). The highest BCUT2D eigenvalue weighted by Crippen LogP contribution is 2.24. The molecular formula is C16H18OSi. The van der Waals surface area contributed by atoms with Crippen molar-refractivity contribution in [2.75, 3.05) is 0 Å². The van der Waals surface area contributed by atoms with Crippen LogP contribution in [0.1, 0.15) is 5.56 Å². The molecule has 0 bridgehead atoms. The van der Waals surface area contributed by atoms with Crippen LogP contribution in [0.25, 0.3) is 17.2 Å². The number of hydrogen-bond acceptors (Lipinski definition) is 1. The summed E-state index contributed by atoms with van der Waals surface area (Å²) in [6.45, 7) is 4.32. The molecule has 0 atom stereocenters. The van der Waals surface area contributed by atoms with Crippen molar-refractivity contribution in [3.8, 4) is 11.1 Å². The number of hydrogen-bond donors (Lipinski definition) is 0. The van der Waals surface area contributed by atoms with Crippen molar-refractivity contribution in [3.63, 3.8) is 0 Å². The Balaban J connectivity index is 2.29. The van der Waals surface area contributed by atoms with Crippen LogP contribution in [0.4, 0.5) is 0 Å². The summed E-state index contributed by atoms with van der Waals surface area (Å²) in [6, 6.07) is 18.8. The average molecular weight is 254 g/mol. The van der Waals surface area contributed by atoms with Gasteiger partial charge in [0, 0.05) is 0 Å². The van der Waals surface area contributed by atoms with Gasteiger partial charge < -0.3 is 4.43 Å². The van der Waals surface area contributed by atoms with Crippen LogP contribution in [0.15, 0.2) is 60.9 Å². The van der Waals surface area contributed by atoms with Gasteiger partial charge in [-0.1, -0.05) is 54.6 Å². The Morgan fingerprint density at radius 3 is 2.28 bits per heavy atom. The van der Waals surface area contributed by atoms with Crippen LogP contribution in [0.2, 0.25) is 13.1 Å². The van der Waals surface area contributed by atoms with Gasteiger partial charge in [0.2, 0.25) is 9.04 Å². The zero-order valence-electron chi connectivity index (χ0n) is 10.8. The van der Waals surface area contributed by atoms with E-state index < -0.39 is 9.04 Å². The fourth-order valence-corrected chi connectivity index (χ4v) is 2.19. The molecule has 92 valence electrons. The molecule has 0 fully saturated rings. The first-order valence-electron chi connectivity index (χ1n) is 6.24. The predicted octanol–water partition coefficient (Wildman–Crippen LogP) is 4.32. The van der Waals surface area contributed by atoms with E-state index in [1.807, 2.05) is 12.3 Å². The van der Waals surface area contributed by atoms with Gasteiger partial charge in [0.15, 0.2) is 0 Å². The number of rotatable bonds is 4. The molecule has 1 nitrogen and oxygen atoms in total. The molecule has 0 amide bonds. The van der Waals surface area contributed by atoms with E-state index >= 15 is 0 Å². The molecule has 0 saturated heterocycles. The second-order valence-electron chi connectivity index (χ2n) is 4.44. The van der Waals surface area contributed by atoms with Crippen LogP contribution in [0.5, 0.6) is 0 Å². The van der Waals surface area contributed by atoms with Crippen molar-refractivity contribution in [3.05, 3.63) is 66.4 Å². The summed E-state index contributed by atoms with van der Waals surface area (Å²) < 4.78 is 5.59. The summed E-state index contributed by atoms with van der Waals surface area (Å²) in [5.74, 6) is 0. The van der Waals surface area contributed by atoms with Gasteiger partial charge in [-0.3, -0.25) is 0 Å². The normalized spacial score (nSPS) is 11.1. The zero-order chi connectivity index (χ0) is 12.8. The van der Waals surface area contributed by atoms with Gasteiger partial charge in [-0.15, -0.1) is 0 Å². The number of benzene rings is 2. The summed E-state index contributed by atoms with van der Waals surface area (Å²) in [4.78, 5) is 0. The molecule has 0 aromatic heterocycles. The maximum atomic E-state index is 5.59. The monoisotopic (exact) mass is 254 g/mol. The topological polar surface area (TPSA) is 9.23 Å². The van der Waals surface area contributed by atoms with Gasteiger partial charge >= 0.3 is 0 Å². The SMILES string of the molecule is C[SiH](C)OC=Cc1ccccc1-c1ccccc1. The van der Waals surface area contributed by atoms with Crippen LogP contribution in [0, 0.1) is 0 Å². The van der Waals surface area contributed by atoms with E-state index in [4.69, 9.17) is 4.43 Å². The first kappa shape index (κ1) is 12.6. The summed E-state index contributed by atoms with van der Waals surface area (Å²) in [5, 5.41) is 0. The van der Waals surface area contributed by atoms with Crippen molar-refractivity contribution >= 4 is 15.1 Å². The summed E-state index contributed by atoms with van der Waals surface area (Å²) >= 11 is 0. The molecule has 18 heavy (non-hydrogen) atoms. The summed E-state index contributed by atoms with van der Waals surface area (Å²) in [5.41, 5.74) is 3.67. The standard InChI is InChI=1S/C16H18OSi/c1-18(2)17-13-12-15-10-6-7-11-16(15)14-8-4-3-5-9-14/h3-13,18H,1-2H3. The van der Waals surface area contributed by atoms with Gasteiger partial charge in [-0.25, -0.2) is 0 Å². The molecule has 0 radical (unpaired) electrons. The molecule has 0 aliphatic rings. The molecule has 0 unspecified atom stereocenters. The maximum absolute atomic E-state index is 5.59. The smallest absolute Gasteiger partial charge is 0.228 e. The first-order valence-corrected chi connectivity index (χ1v) is 9.02. The van der Waals surface area contributed by atoms with E-state index in [9.17, 15) is 0 Å². The van der Waals surface area contributed by atoms with E-state index in [0.717, 1.165) is 0 Å². The highest BCUT2D eigenvalue weighted by molar-refractivity contribution is 6.48. The van der Waals surface area contributed by atoms with Gasteiger partial charge in [0.05, 0.1) is 6.26 Å². The van der Waals surface area contributed by atoms with Crippen molar-refractivity contribution < 1.29 is 4.43 Å². The van der Waals surface area contributed by atoms with Crippen molar-refractivity contribution in [2.24, 2.45) is 0 Å². The van der Waals surface area contributed by atoms with Crippen molar-refractivity contribution in [1.29, 1.82) is 0 Å². The van der Waals surface area contributed by atoms with Gasteiger partial charge in [-0.2, -0.15) is 0 Å². The average Bonchev–Trinajstić information content (AvgIpc) is 2.40. The molecule has 0 spiro atoms. The highest BCUT2D eigenvalue weighted by atomic mass is 28.3. The second-order valence-corrected chi connectivity index (χ2v) is 6.81. The van der Waals surface area contributed by atoms with Crippen LogP contribution in [-0.2, 0) is 4.43 Å². The lowest BCUT2D eigenvalue weighted by Gasteiger charge is -2.07. The zero-order valence-corrected chi connectivity index (χ0v) is 12.0. The van der Waals surface area contributed by atoms with Crippen molar-refractivity contribution in [2.45, 2.75) is 13.1 Å². The van der Waals surface area contributed by atoms with Gasteiger partial charge in [-0.05, 0) is 35.9 Å². The van der Waals surface area contributed by atoms with E-state index in [-0.39, 0.29) is 0 Å². The quantitative estimate of drug-likeness (QED) is 0.583. The lowest BCUT2D eigenvalue weighted by molar-refractivity contribution is 0.505. The van der Waals surface area contributed by atoms with Crippen LogP contribution in [0.3, 0.4) is 0 Å². The maximum Gasteiger partial charge on any atom is 0.228 e. The third-order valence-electron chi connectivity index (χ3n) is 2.64.